The number of hydrogen-bond donors (Lipinski definition) is 0. The van der Waals surface area contributed by atoms with Gasteiger partial charge in [0, 0.05) is 19.2 Å². The van der Waals surface area contributed by atoms with E-state index in [0.717, 1.165) is 12.1 Å². The standard InChI is InChI=1S/C11H17NO/c1-5-10-6-7-11(13)12(4)9(3)8(10)2/h6H,5,7H2,1-4H3. The Morgan fingerprint density at radius 3 is 2.62 bits per heavy atom. The first kappa shape index (κ1) is 10.0. The lowest BCUT2D eigenvalue weighted by Gasteiger charge is -2.17. The fourth-order valence-electron chi connectivity index (χ4n) is 1.58. The Balaban J connectivity index is 3.10. The smallest absolute Gasteiger partial charge is 0.230 e. The molecule has 1 heterocycles. The minimum absolute atomic E-state index is 0.181. The zero-order valence-corrected chi connectivity index (χ0v) is 8.85. The molecular formula is C11H17NO. The third-order valence-corrected chi connectivity index (χ3v) is 2.81. The summed E-state index contributed by atoms with van der Waals surface area (Å²) in [6.45, 7) is 6.21. The van der Waals surface area contributed by atoms with E-state index < -0.39 is 0 Å². The molecule has 0 saturated carbocycles. The number of carbonyl (C=O) groups is 1. The van der Waals surface area contributed by atoms with Crippen molar-refractivity contribution in [1.29, 1.82) is 0 Å². The Kier molecular flexibility index (Phi) is 2.91. The molecule has 0 aromatic carbocycles. The van der Waals surface area contributed by atoms with Crippen LogP contribution in [-0.2, 0) is 4.79 Å². The summed E-state index contributed by atoms with van der Waals surface area (Å²) in [5.74, 6) is 0.181. The number of allylic oxidation sites excluding steroid dienone is 3. The molecule has 0 fully saturated rings. The Hall–Kier alpha value is -1.05. The summed E-state index contributed by atoms with van der Waals surface area (Å²) in [5.41, 5.74) is 3.63. The van der Waals surface area contributed by atoms with Crippen LogP contribution in [0.15, 0.2) is 22.9 Å². The molecule has 72 valence electrons. The van der Waals surface area contributed by atoms with Gasteiger partial charge in [-0.25, -0.2) is 0 Å². The van der Waals surface area contributed by atoms with Gasteiger partial charge in [0.15, 0.2) is 0 Å². The molecular weight excluding hydrogens is 162 g/mol. The van der Waals surface area contributed by atoms with Crippen molar-refractivity contribution in [1.82, 2.24) is 4.90 Å². The molecule has 13 heavy (non-hydrogen) atoms. The molecule has 1 aliphatic heterocycles. The summed E-state index contributed by atoms with van der Waals surface area (Å²) in [6.07, 6.45) is 3.59. The fraction of sp³-hybridized carbons (Fsp3) is 0.545. The number of rotatable bonds is 1. The van der Waals surface area contributed by atoms with Gasteiger partial charge >= 0.3 is 0 Å². The molecule has 0 radical (unpaired) electrons. The van der Waals surface area contributed by atoms with Gasteiger partial charge in [0.1, 0.15) is 0 Å². The highest BCUT2D eigenvalue weighted by atomic mass is 16.2. The molecule has 0 aromatic rings. The van der Waals surface area contributed by atoms with Gasteiger partial charge in [-0.15, -0.1) is 0 Å². The van der Waals surface area contributed by atoms with Crippen molar-refractivity contribution in [2.75, 3.05) is 7.05 Å². The Morgan fingerprint density at radius 2 is 2.08 bits per heavy atom. The summed E-state index contributed by atoms with van der Waals surface area (Å²) in [6, 6.07) is 0. The zero-order chi connectivity index (χ0) is 10.0. The fourth-order valence-corrected chi connectivity index (χ4v) is 1.58. The van der Waals surface area contributed by atoms with E-state index in [-0.39, 0.29) is 5.91 Å². The second-order valence-electron chi connectivity index (χ2n) is 3.45. The highest BCUT2D eigenvalue weighted by molar-refractivity contribution is 5.80. The van der Waals surface area contributed by atoms with Crippen LogP contribution >= 0.6 is 0 Å². The Morgan fingerprint density at radius 1 is 1.46 bits per heavy atom. The first-order valence-electron chi connectivity index (χ1n) is 4.71. The quantitative estimate of drug-likeness (QED) is 0.605. The van der Waals surface area contributed by atoms with Crippen molar-refractivity contribution >= 4 is 5.91 Å². The van der Waals surface area contributed by atoms with Crippen LogP contribution in [0.1, 0.15) is 33.6 Å². The monoisotopic (exact) mass is 179 g/mol. The Labute approximate surface area is 79.9 Å². The summed E-state index contributed by atoms with van der Waals surface area (Å²) in [7, 11) is 1.84. The minimum atomic E-state index is 0.181. The molecule has 2 heteroatoms. The third kappa shape index (κ3) is 1.82. The van der Waals surface area contributed by atoms with E-state index in [4.69, 9.17) is 0 Å². The van der Waals surface area contributed by atoms with Crippen molar-refractivity contribution in [2.45, 2.75) is 33.6 Å². The number of hydrogen-bond acceptors (Lipinski definition) is 1. The van der Waals surface area contributed by atoms with Crippen LogP contribution in [0, 0.1) is 0 Å². The van der Waals surface area contributed by atoms with E-state index >= 15 is 0 Å². The van der Waals surface area contributed by atoms with E-state index in [1.54, 1.807) is 4.90 Å². The van der Waals surface area contributed by atoms with Crippen LogP contribution in [0.5, 0.6) is 0 Å². The van der Waals surface area contributed by atoms with Crippen LogP contribution in [0.2, 0.25) is 0 Å². The lowest BCUT2D eigenvalue weighted by Crippen LogP contribution is -2.23. The summed E-state index contributed by atoms with van der Waals surface area (Å²) >= 11 is 0. The van der Waals surface area contributed by atoms with Crippen molar-refractivity contribution in [2.24, 2.45) is 0 Å². The molecule has 0 saturated heterocycles. The number of amides is 1. The highest BCUT2D eigenvalue weighted by Crippen LogP contribution is 2.23. The largest absolute Gasteiger partial charge is 0.319 e. The van der Waals surface area contributed by atoms with Crippen LogP contribution in [-0.4, -0.2) is 17.9 Å². The molecule has 0 N–H and O–H groups in total. The maximum Gasteiger partial charge on any atom is 0.230 e. The summed E-state index contributed by atoms with van der Waals surface area (Å²) in [4.78, 5) is 13.2. The van der Waals surface area contributed by atoms with Crippen molar-refractivity contribution in [3.8, 4) is 0 Å². The minimum Gasteiger partial charge on any atom is -0.319 e. The molecule has 1 rings (SSSR count). The average Bonchev–Trinajstić information content (AvgIpc) is 2.22. The predicted octanol–water partition coefficient (Wildman–Crippen LogP) is 2.48. The van der Waals surface area contributed by atoms with Crippen LogP contribution < -0.4 is 0 Å². The highest BCUT2D eigenvalue weighted by Gasteiger charge is 2.16. The van der Waals surface area contributed by atoms with Gasteiger partial charge < -0.3 is 4.90 Å². The molecule has 0 atom stereocenters. The summed E-state index contributed by atoms with van der Waals surface area (Å²) < 4.78 is 0. The summed E-state index contributed by atoms with van der Waals surface area (Å²) in [5, 5.41) is 0. The first-order valence-corrected chi connectivity index (χ1v) is 4.71. The Bertz CT molecular complexity index is 286. The molecule has 0 aliphatic carbocycles. The maximum absolute atomic E-state index is 11.5. The topological polar surface area (TPSA) is 20.3 Å². The van der Waals surface area contributed by atoms with Gasteiger partial charge in [0.2, 0.25) is 5.91 Å². The molecule has 2 nitrogen and oxygen atoms in total. The van der Waals surface area contributed by atoms with Crippen LogP contribution in [0.25, 0.3) is 0 Å². The van der Waals surface area contributed by atoms with Gasteiger partial charge in [-0.1, -0.05) is 13.0 Å². The average molecular weight is 179 g/mol. The lowest BCUT2D eigenvalue weighted by molar-refractivity contribution is -0.127. The molecule has 0 unspecified atom stereocenters. The van der Waals surface area contributed by atoms with Crippen LogP contribution in [0.4, 0.5) is 0 Å². The lowest BCUT2D eigenvalue weighted by atomic mass is 10.0. The molecule has 1 amide bonds. The van der Waals surface area contributed by atoms with Crippen molar-refractivity contribution in [3.63, 3.8) is 0 Å². The molecule has 0 bridgehead atoms. The number of carbonyl (C=O) groups excluding carboxylic acids is 1. The SMILES string of the molecule is CCC1=CCC(=O)N(C)C(C)=C1C. The normalized spacial score (nSPS) is 18.9. The molecule has 0 aromatic heterocycles. The van der Waals surface area contributed by atoms with E-state index in [0.29, 0.717) is 6.42 Å². The number of nitrogens with zero attached hydrogens (tertiary/aromatic N) is 1. The van der Waals surface area contributed by atoms with Gasteiger partial charge in [-0.2, -0.15) is 0 Å². The van der Waals surface area contributed by atoms with E-state index in [9.17, 15) is 4.79 Å². The zero-order valence-electron chi connectivity index (χ0n) is 8.85. The van der Waals surface area contributed by atoms with Gasteiger partial charge in [-0.3, -0.25) is 4.79 Å². The predicted molar refractivity (Wildman–Crippen MR) is 54.1 cm³/mol. The van der Waals surface area contributed by atoms with Gasteiger partial charge in [0.25, 0.3) is 0 Å². The van der Waals surface area contributed by atoms with Crippen molar-refractivity contribution in [3.05, 3.63) is 22.9 Å². The molecule has 0 spiro atoms. The van der Waals surface area contributed by atoms with Crippen LogP contribution in [0.3, 0.4) is 0 Å². The second kappa shape index (κ2) is 3.77. The third-order valence-electron chi connectivity index (χ3n) is 2.81. The van der Waals surface area contributed by atoms with Gasteiger partial charge in [-0.05, 0) is 31.4 Å². The van der Waals surface area contributed by atoms with Gasteiger partial charge in [0.05, 0.1) is 0 Å². The van der Waals surface area contributed by atoms with E-state index in [1.807, 2.05) is 20.0 Å². The molecule has 1 aliphatic rings. The first-order chi connectivity index (χ1) is 6.07. The van der Waals surface area contributed by atoms with E-state index in [2.05, 4.69) is 13.8 Å². The van der Waals surface area contributed by atoms with Crippen molar-refractivity contribution < 1.29 is 4.79 Å². The van der Waals surface area contributed by atoms with E-state index in [1.165, 1.54) is 11.1 Å². The maximum atomic E-state index is 11.5. The second-order valence-corrected chi connectivity index (χ2v) is 3.45.